The molecule has 0 bridgehead atoms. The number of H-pyrrole nitrogens is 1. The van der Waals surface area contributed by atoms with Gasteiger partial charge in [0.05, 0.1) is 10.6 Å². The molecule has 1 heterocycles. The van der Waals surface area contributed by atoms with Crippen LogP contribution in [0, 0.1) is 6.92 Å². The molecule has 0 radical (unpaired) electrons. The smallest absolute Gasteiger partial charge is 0.264 e. The second kappa shape index (κ2) is 7.13. The molecule has 0 unspecified atom stereocenters. The fraction of sp³-hybridized carbons (Fsp3) is 0.158. The largest absolute Gasteiger partial charge is 0.280 e. The minimum atomic E-state index is -3.76. The summed E-state index contributed by atoms with van der Waals surface area (Å²) in [6.45, 7) is 3.84. The molecule has 7 heteroatoms. The Morgan fingerprint density at radius 2 is 1.77 bits per heavy atom. The normalized spacial score (nSPS) is 11.3. The van der Waals surface area contributed by atoms with E-state index in [1.165, 1.54) is 6.07 Å². The van der Waals surface area contributed by atoms with Crippen LogP contribution in [0.3, 0.4) is 0 Å². The van der Waals surface area contributed by atoms with Gasteiger partial charge in [-0.05, 0) is 43.2 Å². The average Bonchev–Trinajstić information content (AvgIpc) is 2.63. The lowest BCUT2D eigenvalue weighted by molar-refractivity contribution is 0.600. The maximum absolute atomic E-state index is 12.9. The molecule has 26 heavy (non-hydrogen) atoms. The molecule has 0 atom stereocenters. The SMILES string of the molecule is CCc1ccc(-c2ccc(=O)[nH]n2)cc1S(=O)(=O)Nc1ccc(C)cc1. The predicted octanol–water partition coefficient (Wildman–Crippen LogP) is 3.11. The topological polar surface area (TPSA) is 91.9 Å². The van der Waals surface area contributed by atoms with Crippen molar-refractivity contribution in [3.05, 3.63) is 76.1 Å². The zero-order valence-electron chi connectivity index (χ0n) is 14.5. The lowest BCUT2D eigenvalue weighted by Crippen LogP contribution is -2.15. The number of hydrogen-bond donors (Lipinski definition) is 2. The number of aryl methyl sites for hydroxylation is 2. The second-order valence-electron chi connectivity index (χ2n) is 5.95. The molecule has 0 aliphatic carbocycles. The number of rotatable bonds is 5. The average molecular weight is 369 g/mol. The zero-order chi connectivity index (χ0) is 18.7. The number of hydrogen-bond acceptors (Lipinski definition) is 4. The summed E-state index contributed by atoms with van der Waals surface area (Å²) in [6, 6.07) is 15.2. The molecule has 0 aliphatic heterocycles. The maximum Gasteiger partial charge on any atom is 0.264 e. The number of aromatic nitrogens is 2. The summed E-state index contributed by atoms with van der Waals surface area (Å²) in [5.41, 5.74) is 3.06. The number of sulfonamides is 1. The molecule has 0 saturated carbocycles. The van der Waals surface area contributed by atoms with Crippen molar-refractivity contribution in [2.24, 2.45) is 0 Å². The molecule has 2 aromatic carbocycles. The van der Waals surface area contributed by atoms with Gasteiger partial charge in [0, 0.05) is 17.3 Å². The van der Waals surface area contributed by atoms with Crippen LogP contribution in [0.4, 0.5) is 5.69 Å². The molecule has 0 spiro atoms. The summed E-state index contributed by atoms with van der Waals surface area (Å²) in [7, 11) is -3.76. The molecule has 0 amide bonds. The highest BCUT2D eigenvalue weighted by Crippen LogP contribution is 2.26. The van der Waals surface area contributed by atoms with Crippen molar-refractivity contribution in [1.82, 2.24) is 10.2 Å². The highest BCUT2D eigenvalue weighted by molar-refractivity contribution is 7.92. The van der Waals surface area contributed by atoms with E-state index in [1.54, 1.807) is 36.4 Å². The van der Waals surface area contributed by atoms with Crippen molar-refractivity contribution in [2.45, 2.75) is 25.2 Å². The Hall–Kier alpha value is -2.93. The third-order valence-corrected chi connectivity index (χ3v) is 5.48. The Morgan fingerprint density at radius 1 is 1.04 bits per heavy atom. The zero-order valence-corrected chi connectivity index (χ0v) is 15.3. The Balaban J connectivity index is 2.03. The van der Waals surface area contributed by atoms with Crippen LogP contribution in [-0.2, 0) is 16.4 Å². The van der Waals surface area contributed by atoms with Crippen molar-refractivity contribution < 1.29 is 8.42 Å². The Morgan fingerprint density at radius 3 is 2.38 bits per heavy atom. The van der Waals surface area contributed by atoms with E-state index in [0.717, 1.165) is 5.56 Å². The highest BCUT2D eigenvalue weighted by Gasteiger charge is 2.19. The van der Waals surface area contributed by atoms with Gasteiger partial charge in [0.15, 0.2) is 0 Å². The summed E-state index contributed by atoms with van der Waals surface area (Å²) in [4.78, 5) is 11.4. The minimum absolute atomic E-state index is 0.200. The Labute approximate surface area is 152 Å². The molecule has 3 aromatic rings. The molecule has 6 nitrogen and oxygen atoms in total. The molecule has 134 valence electrons. The number of nitrogens with zero attached hydrogens (tertiary/aromatic N) is 1. The summed E-state index contributed by atoms with van der Waals surface area (Å²) in [5, 5.41) is 6.33. The standard InChI is InChI=1S/C19H19N3O3S/c1-3-14-6-7-15(17-10-11-19(23)21-20-17)12-18(14)26(24,25)22-16-8-4-13(2)5-9-16/h4-12,22H,3H2,1-2H3,(H,21,23). The quantitative estimate of drug-likeness (QED) is 0.723. The monoisotopic (exact) mass is 369 g/mol. The number of anilines is 1. The van der Waals surface area contributed by atoms with Crippen LogP contribution in [0.15, 0.2) is 64.3 Å². The van der Waals surface area contributed by atoms with Crippen molar-refractivity contribution in [3.8, 4) is 11.3 Å². The van der Waals surface area contributed by atoms with Gasteiger partial charge < -0.3 is 0 Å². The van der Waals surface area contributed by atoms with E-state index in [0.29, 0.717) is 28.9 Å². The molecule has 0 aliphatic rings. The van der Waals surface area contributed by atoms with Crippen LogP contribution in [0.2, 0.25) is 0 Å². The first-order valence-electron chi connectivity index (χ1n) is 8.17. The fourth-order valence-corrected chi connectivity index (χ4v) is 3.99. The van der Waals surface area contributed by atoms with E-state index in [4.69, 9.17) is 0 Å². The molecular weight excluding hydrogens is 350 g/mol. The molecule has 1 aromatic heterocycles. The lowest BCUT2D eigenvalue weighted by Gasteiger charge is -2.13. The van der Waals surface area contributed by atoms with Crippen LogP contribution in [0.25, 0.3) is 11.3 Å². The fourth-order valence-electron chi connectivity index (χ4n) is 2.59. The molecular formula is C19H19N3O3S. The third-order valence-electron chi connectivity index (χ3n) is 4.02. The Bertz CT molecular complexity index is 1070. The number of aromatic amines is 1. The van der Waals surface area contributed by atoms with E-state index >= 15 is 0 Å². The van der Waals surface area contributed by atoms with E-state index in [-0.39, 0.29) is 10.5 Å². The Kier molecular flexibility index (Phi) is 4.90. The third kappa shape index (κ3) is 3.83. The predicted molar refractivity (Wildman–Crippen MR) is 102 cm³/mol. The number of benzene rings is 2. The lowest BCUT2D eigenvalue weighted by atomic mass is 10.1. The van der Waals surface area contributed by atoms with Gasteiger partial charge in [0.1, 0.15) is 0 Å². The van der Waals surface area contributed by atoms with Gasteiger partial charge >= 0.3 is 0 Å². The van der Waals surface area contributed by atoms with Crippen molar-refractivity contribution >= 4 is 15.7 Å². The van der Waals surface area contributed by atoms with Crippen molar-refractivity contribution in [2.75, 3.05) is 4.72 Å². The van der Waals surface area contributed by atoms with Gasteiger partial charge in [-0.25, -0.2) is 13.5 Å². The first-order valence-corrected chi connectivity index (χ1v) is 9.66. The molecule has 3 rings (SSSR count). The van der Waals surface area contributed by atoms with Crippen LogP contribution >= 0.6 is 0 Å². The van der Waals surface area contributed by atoms with Gasteiger partial charge in [0.25, 0.3) is 15.6 Å². The summed E-state index contributed by atoms with van der Waals surface area (Å²) >= 11 is 0. The van der Waals surface area contributed by atoms with E-state index < -0.39 is 10.0 Å². The van der Waals surface area contributed by atoms with Crippen molar-refractivity contribution in [3.63, 3.8) is 0 Å². The first-order chi connectivity index (χ1) is 12.4. The molecule has 0 saturated heterocycles. The number of nitrogens with one attached hydrogen (secondary N) is 2. The van der Waals surface area contributed by atoms with E-state index in [1.807, 2.05) is 26.0 Å². The molecule has 2 N–H and O–H groups in total. The van der Waals surface area contributed by atoms with Crippen molar-refractivity contribution in [1.29, 1.82) is 0 Å². The summed E-state index contributed by atoms with van der Waals surface area (Å²) in [5.74, 6) is 0. The maximum atomic E-state index is 12.9. The van der Waals surface area contributed by atoms with Crippen LogP contribution in [0.1, 0.15) is 18.1 Å². The summed E-state index contributed by atoms with van der Waals surface area (Å²) < 4.78 is 28.4. The molecule has 0 fully saturated rings. The van der Waals surface area contributed by atoms with Gasteiger partial charge in [-0.1, -0.05) is 36.8 Å². The van der Waals surface area contributed by atoms with E-state index in [2.05, 4.69) is 14.9 Å². The minimum Gasteiger partial charge on any atom is -0.280 e. The van der Waals surface area contributed by atoms with Gasteiger partial charge in [-0.3, -0.25) is 9.52 Å². The highest BCUT2D eigenvalue weighted by atomic mass is 32.2. The summed E-state index contributed by atoms with van der Waals surface area (Å²) in [6.07, 6.45) is 0.573. The van der Waals surface area contributed by atoms with Crippen LogP contribution in [0.5, 0.6) is 0 Å². The second-order valence-corrected chi connectivity index (χ2v) is 7.60. The van der Waals surface area contributed by atoms with E-state index in [9.17, 15) is 13.2 Å². The van der Waals surface area contributed by atoms with Crippen LogP contribution in [-0.4, -0.2) is 18.6 Å². The first kappa shape index (κ1) is 17.9. The van der Waals surface area contributed by atoms with Gasteiger partial charge in [-0.2, -0.15) is 5.10 Å². The van der Waals surface area contributed by atoms with Crippen LogP contribution < -0.4 is 10.3 Å². The van der Waals surface area contributed by atoms with Gasteiger partial charge in [0.2, 0.25) is 0 Å². The van der Waals surface area contributed by atoms with Gasteiger partial charge in [-0.15, -0.1) is 0 Å².